The van der Waals surface area contributed by atoms with Crippen molar-refractivity contribution in [2.75, 3.05) is 33.4 Å². The summed E-state index contributed by atoms with van der Waals surface area (Å²) in [5.41, 5.74) is 1.26. The van der Waals surface area contributed by atoms with Crippen molar-refractivity contribution in [2.45, 2.75) is 37.8 Å². The van der Waals surface area contributed by atoms with Crippen molar-refractivity contribution in [3.05, 3.63) is 35.6 Å². The summed E-state index contributed by atoms with van der Waals surface area (Å²) >= 11 is 0. The highest BCUT2D eigenvalue weighted by Gasteiger charge is 2.45. The molecule has 0 amide bonds. The van der Waals surface area contributed by atoms with Crippen molar-refractivity contribution in [1.82, 2.24) is 4.90 Å². The van der Waals surface area contributed by atoms with Crippen LogP contribution in [0, 0.1) is 11.7 Å². The van der Waals surface area contributed by atoms with Gasteiger partial charge in [-0.1, -0.05) is 12.1 Å². The molecule has 1 spiro atoms. The number of rotatable bonds is 5. The maximum absolute atomic E-state index is 13.0. The van der Waals surface area contributed by atoms with E-state index in [1.807, 2.05) is 12.1 Å². The van der Waals surface area contributed by atoms with Gasteiger partial charge in [0.25, 0.3) is 0 Å². The second-order valence-electron chi connectivity index (χ2n) is 6.58. The minimum absolute atomic E-state index is 0.0812. The van der Waals surface area contributed by atoms with E-state index in [-0.39, 0.29) is 11.4 Å². The van der Waals surface area contributed by atoms with Gasteiger partial charge in [-0.3, -0.25) is 4.90 Å². The van der Waals surface area contributed by atoms with Crippen molar-refractivity contribution < 1.29 is 13.9 Å². The van der Waals surface area contributed by atoms with Gasteiger partial charge in [-0.25, -0.2) is 4.39 Å². The van der Waals surface area contributed by atoms with Gasteiger partial charge < -0.3 is 9.47 Å². The molecule has 0 bridgehead atoms. The van der Waals surface area contributed by atoms with Gasteiger partial charge in [0.2, 0.25) is 0 Å². The minimum Gasteiger partial charge on any atom is -0.385 e. The maximum Gasteiger partial charge on any atom is 0.123 e. The third-order valence-corrected chi connectivity index (χ3v) is 5.29. The summed E-state index contributed by atoms with van der Waals surface area (Å²) in [6, 6.07) is 6.85. The van der Waals surface area contributed by atoms with Gasteiger partial charge in [0, 0.05) is 40.0 Å². The molecule has 1 aromatic rings. The molecule has 3 rings (SSSR count). The lowest BCUT2D eigenvalue weighted by molar-refractivity contribution is -0.0721. The third kappa shape index (κ3) is 3.50. The van der Waals surface area contributed by atoms with Crippen LogP contribution in [0.15, 0.2) is 24.3 Å². The Bertz CT molecular complexity index is 468. The number of ether oxygens (including phenoxy) is 2. The molecule has 2 aliphatic heterocycles. The number of hydrogen-bond acceptors (Lipinski definition) is 3. The Morgan fingerprint density at radius 2 is 2.00 bits per heavy atom. The Balaban J connectivity index is 1.54. The summed E-state index contributed by atoms with van der Waals surface area (Å²) in [5.74, 6) is 0.474. The quantitative estimate of drug-likeness (QED) is 0.833. The van der Waals surface area contributed by atoms with E-state index in [0.717, 1.165) is 52.1 Å². The van der Waals surface area contributed by atoms with Crippen molar-refractivity contribution in [1.29, 1.82) is 0 Å². The summed E-state index contributed by atoms with van der Waals surface area (Å²) in [6.07, 6.45) is 4.47. The molecule has 2 fully saturated rings. The first kappa shape index (κ1) is 15.9. The topological polar surface area (TPSA) is 21.7 Å². The van der Waals surface area contributed by atoms with Gasteiger partial charge in [0.05, 0.1) is 5.60 Å². The molecule has 2 saturated heterocycles. The van der Waals surface area contributed by atoms with E-state index >= 15 is 0 Å². The molecule has 0 radical (unpaired) electrons. The first-order chi connectivity index (χ1) is 10.7. The standard InChI is InChI=1S/C18H26FNO2/c1-21-12-6-16-7-13-22-18(16)8-10-20(11-9-18)14-15-2-4-17(19)5-3-15/h2-5,16H,6-14H2,1H3. The van der Waals surface area contributed by atoms with E-state index in [2.05, 4.69) is 4.90 Å². The second-order valence-corrected chi connectivity index (χ2v) is 6.58. The zero-order valence-corrected chi connectivity index (χ0v) is 13.4. The van der Waals surface area contributed by atoms with Crippen LogP contribution in [0.4, 0.5) is 4.39 Å². The monoisotopic (exact) mass is 307 g/mol. The SMILES string of the molecule is COCCC1CCOC12CCN(Cc1ccc(F)cc1)CC2. The van der Waals surface area contributed by atoms with Gasteiger partial charge in [-0.15, -0.1) is 0 Å². The highest BCUT2D eigenvalue weighted by molar-refractivity contribution is 5.16. The van der Waals surface area contributed by atoms with Gasteiger partial charge >= 0.3 is 0 Å². The molecule has 2 aliphatic rings. The molecule has 0 N–H and O–H groups in total. The van der Waals surface area contributed by atoms with Crippen LogP contribution in [-0.4, -0.2) is 43.9 Å². The predicted octanol–water partition coefficient (Wildman–Crippen LogP) is 3.23. The maximum atomic E-state index is 13.0. The lowest BCUT2D eigenvalue weighted by Crippen LogP contribution is -2.47. The van der Waals surface area contributed by atoms with Gasteiger partial charge in [-0.2, -0.15) is 0 Å². The van der Waals surface area contributed by atoms with E-state index in [9.17, 15) is 4.39 Å². The summed E-state index contributed by atoms with van der Waals surface area (Å²) in [4.78, 5) is 2.45. The summed E-state index contributed by atoms with van der Waals surface area (Å²) in [7, 11) is 1.77. The summed E-state index contributed by atoms with van der Waals surface area (Å²) in [5, 5.41) is 0. The smallest absolute Gasteiger partial charge is 0.123 e. The molecular formula is C18H26FNO2. The molecular weight excluding hydrogens is 281 g/mol. The van der Waals surface area contributed by atoms with E-state index in [0.29, 0.717) is 5.92 Å². The van der Waals surface area contributed by atoms with Gasteiger partial charge in [0.15, 0.2) is 0 Å². The molecule has 0 saturated carbocycles. The third-order valence-electron chi connectivity index (χ3n) is 5.29. The second kappa shape index (κ2) is 7.07. The largest absolute Gasteiger partial charge is 0.385 e. The highest BCUT2D eigenvalue weighted by atomic mass is 19.1. The van der Waals surface area contributed by atoms with Crippen LogP contribution in [-0.2, 0) is 16.0 Å². The van der Waals surface area contributed by atoms with Gasteiger partial charge in [0.1, 0.15) is 5.82 Å². The lowest BCUT2D eigenvalue weighted by atomic mass is 9.78. The van der Waals surface area contributed by atoms with Crippen molar-refractivity contribution >= 4 is 0 Å². The van der Waals surface area contributed by atoms with Crippen LogP contribution in [0.3, 0.4) is 0 Å². The van der Waals surface area contributed by atoms with Crippen LogP contribution < -0.4 is 0 Å². The Kier molecular flexibility index (Phi) is 5.11. The molecule has 1 aromatic carbocycles. The molecule has 1 unspecified atom stereocenters. The Hall–Kier alpha value is -0.970. The fourth-order valence-electron chi connectivity index (χ4n) is 3.94. The van der Waals surface area contributed by atoms with Crippen LogP contribution in [0.5, 0.6) is 0 Å². The number of hydrogen-bond donors (Lipinski definition) is 0. The molecule has 4 heteroatoms. The first-order valence-corrected chi connectivity index (χ1v) is 8.31. The number of nitrogens with zero attached hydrogens (tertiary/aromatic N) is 1. The molecule has 22 heavy (non-hydrogen) atoms. The molecule has 0 aliphatic carbocycles. The summed E-state index contributed by atoms with van der Waals surface area (Å²) < 4.78 is 24.4. The average Bonchev–Trinajstić information content (AvgIpc) is 2.92. The molecule has 122 valence electrons. The number of piperidine rings is 1. The van der Waals surface area contributed by atoms with E-state index < -0.39 is 0 Å². The van der Waals surface area contributed by atoms with E-state index in [4.69, 9.17) is 9.47 Å². The highest BCUT2D eigenvalue weighted by Crippen LogP contribution is 2.42. The zero-order chi connectivity index (χ0) is 15.4. The average molecular weight is 307 g/mol. The van der Waals surface area contributed by atoms with E-state index in [1.165, 1.54) is 12.0 Å². The van der Waals surface area contributed by atoms with Gasteiger partial charge in [-0.05, 0) is 49.3 Å². The fourth-order valence-corrected chi connectivity index (χ4v) is 3.94. The normalized spacial score (nSPS) is 24.9. The molecule has 0 aromatic heterocycles. The van der Waals surface area contributed by atoms with Crippen LogP contribution >= 0.6 is 0 Å². The number of benzene rings is 1. The first-order valence-electron chi connectivity index (χ1n) is 8.31. The van der Waals surface area contributed by atoms with Crippen LogP contribution in [0.25, 0.3) is 0 Å². The van der Waals surface area contributed by atoms with Crippen LogP contribution in [0.1, 0.15) is 31.2 Å². The molecule has 2 heterocycles. The zero-order valence-electron chi connectivity index (χ0n) is 13.4. The Labute approximate surface area is 132 Å². The Morgan fingerprint density at radius 3 is 2.68 bits per heavy atom. The summed E-state index contributed by atoms with van der Waals surface area (Å²) in [6.45, 7) is 4.74. The van der Waals surface area contributed by atoms with Crippen LogP contribution in [0.2, 0.25) is 0 Å². The number of methoxy groups -OCH3 is 1. The van der Waals surface area contributed by atoms with Crippen molar-refractivity contribution in [3.8, 4) is 0 Å². The predicted molar refractivity (Wildman–Crippen MR) is 84.2 cm³/mol. The lowest BCUT2D eigenvalue weighted by Gasteiger charge is -2.42. The van der Waals surface area contributed by atoms with Crippen molar-refractivity contribution in [3.63, 3.8) is 0 Å². The number of halogens is 1. The van der Waals surface area contributed by atoms with E-state index in [1.54, 1.807) is 19.2 Å². The molecule has 1 atom stereocenters. The number of likely N-dealkylation sites (tertiary alicyclic amines) is 1. The minimum atomic E-state index is -0.165. The Morgan fingerprint density at radius 1 is 1.27 bits per heavy atom. The molecule has 3 nitrogen and oxygen atoms in total. The van der Waals surface area contributed by atoms with Crippen molar-refractivity contribution in [2.24, 2.45) is 5.92 Å². The fraction of sp³-hybridized carbons (Fsp3) is 0.667.